The monoisotopic (exact) mass is 359 g/mol. The lowest BCUT2D eigenvalue weighted by molar-refractivity contribution is -0.135. The van der Waals surface area contributed by atoms with Gasteiger partial charge < -0.3 is 15.0 Å². The van der Waals surface area contributed by atoms with Gasteiger partial charge in [0, 0.05) is 31.6 Å². The van der Waals surface area contributed by atoms with Gasteiger partial charge in [0.25, 0.3) is 5.91 Å². The maximum absolute atomic E-state index is 12.9. The smallest absolute Gasteiger partial charge is 0.253 e. The summed E-state index contributed by atoms with van der Waals surface area (Å²) in [5, 5.41) is 2.74. The van der Waals surface area contributed by atoms with E-state index in [0.717, 1.165) is 51.0 Å². The van der Waals surface area contributed by atoms with Crippen molar-refractivity contribution in [2.45, 2.75) is 57.6 Å². The molecule has 0 radical (unpaired) electrons. The maximum Gasteiger partial charge on any atom is 0.253 e. The van der Waals surface area contributed by atoms with Crippen LogP contribution in [-0.2, 0) is 9.53 Å². The fraction of sp³-hybridized carbons (Fsp3) is 0.650. The Morgan fingerprint density at radius 3 is 2.73 bits per heavy atom. The van der Waals surface area contributed by atoms with Gasteiger partial charge in [0.15, 0.2) is 0 Å². The largest absolute Gasteiger partial charge is 0.376 e. The zero-order chi connectivity index (χ0) is 18.4. The lowest BCUT2D eigenvalue weighted by Crippen LogP contribution is -2.49. The quantitative estimate of drug-likeness (QED) is 0.847. The number of ether oxygens (including phenoxy) is 1. The van der Waals surface area contributed by atoms with E-state index in [-0.39, 0.29) is 30.5 Å². The van der Waals surface area contributed by atoms with E-state index < -0.39 is 0 Å². The molecule has 1 atom stereocenters. The number of rotatable bonds is 6. The highest BCUT2D eigenvalue weighted by Crippen LogP contribution is 2.28. The number of aromatic nitrogens is 1. The zero-order valence-corrected chi connectivity index (χ0v) is 15.5. The second-order valence-electron chi connectivity index (χ2n) is 7.52. The van der Waals surface area contributed by atoms with Crippen molar-refractivity contribution in [2.75, 3.05) is 19.7 Å². The van der Waals surface area contributed by atoms with Crippen LogP contribution in [-0.4, -0.2) is 53.5 Å². The molecule has 0 aromatic carbocycles. The lowest BCUT2D eigenvalue weighted by atomic mass is 9.86. The van der Waals surface area contributed by atoms with Crippen LogP contribution in [0.25, 0.3) is 0 Å². The Morgan fingerprint density at radius 1 is 1.27 bits per heavy atom. The maximum atomic E-state index is 12.9. The molecule has 6 heteroatoms. The van der Waals surface area contributed by atoms with Crippen LogP contribution in [0.5, 0.6) is 0 Å². The first-order chi connectivity index (χ1) is 12.6. The van der Waals surface area contributed by atoms with Crippen LogP contribution < -0.4 is 5.32 Å². The molecule has 2 amide bonds. The highest BCUT2D eigenvalue weighted by molar-refractivity contribution is 5.96. The van der Waals surface area contributed by atoms with Crippen LogP contribution in [0, 0.1) is 5.92 Å². The lowest BCUT2D eigenvalue weighted by Gasteiger charge is -2.37. The molecule has 1 saturated carbocycles. The summed E-state index contributed by atoms with van der Waals surface area (Å²) in [5.41, 5.74) is 0.470. The number of pyridine rings is 1. The number of carbonyl (C=O) groups is 2. The summed E-state index contributed by atoms with van der Waals surface area (Å²) in [4.78, 5) is 31.0. The van der Waals surface area contributed by atoms with Crippen molar-refractivity contribution < 1.29 is 14.3 Å². The summed E-state index contributed by atoms with van der Waals surface area (Å²) >= 11 is 0. The second-order valence-corrected chi connectivity index (χ2v) is 7.52. The van der Waals surface area contributed by atoms with Crippen LogP contribution in [0.1, 0.15) is 55.8 Å². The number of nitrogens with zero attached hydrogens (tertiary/aromatic N) is 2. The molecule has 1 aliphatic carbocycles. The summed E-state index contributed by atoms with van der Waals surface area (Å²) in [6.07, 6.45) is 9.71. The topological polar surface area (TPSA) is 71.5 Å². The third kappa shape index (κ3) is 5.04. The number of hydrogen-bond acceptors (Lipinski definition) is 4. The van der Waals surface area contributed by atoms with Crippen LogP contribution in [0.2, 0.25) is 0 Å². The van der Waals surface area contributed by atoms with Gasteiger partial charge in [0.05, 0.1) is 18.2 Å². The fourth-order valence-corrected chi connectivity index (χ4v) is 3.87. The Balaban J connectivity index is 1.59. The van der Waals surface area contributed by atoms with E-state index in [4.69, 9.17) is 4.74 Å². The molecule has 2 aliphatic rings. The summed E-state index contributed by atoms with van der Waals surface area (Å²) in [6, 6.07) is 3.67. The van der Waals surface area contributed by atoms with Crippen LogP contribution >= 0.6 is 0 Å². The molecule has 142 valence electrons. The van der Waals surface area contributed by atoms with Gasteiger partial charge >= 0.3 is 0 Å². The molecule has 2 heterocycles. The minimum Gasteiger partial charge on any atom is -0.376 e. The van der Waals surface area contributed by atoms with Gasteiger partial charge in [0.1, 0.15) is 0 Å². The molecule has 1 saturated heterocycles. The molecule has 2 fully saturated rings. The van der Waals surface area contributed by atoms with Crippen molar-refractivity contribution in [3.63, 3.8) is 0 Å². The van der Waals surface area contributed by atoms with Crippen LogP contribution in [0.15, 0.2) is 24.5 Å². The first-order valence-electron chi connectivity index (χ1n) is 9.73. The Labute approximate surface area is 155 Å². The van der Waals surface area contributed by atoms with Crippen molar-refractivity contribution in [3.8, 4) is 0 Å². The van der Waals surface area contributed by atoms with Gasteiger partial charge in [-0.3, -0.25) is 14.6 Å². The Bertz CT molecular complexity index is 594. The number of amides is 2. The van der Waals surface area contributed by atoms with Gasteiger partial charge in [0.2, 0.25) is 5.91 Å². The molecule has 6 nitrogen and oxygen atoms in total. The Hall–Kier alpha value is -1.95. The minimum absolute atomic E-state index is 0.0164. The zero-order valence-electron chi connectivity index (χ0n) is 15.5. The molecule has 0 bridgehead atoms. The van der Waals surface area contributed by atoms with E-state index in [9.17, 15) is 9.59 Å². The van der Waals surface area contributed by atoms with E-state index in [1.165, 1.54) is 6.20 Å². The highest BCUT2D eigenvalue weighted by atomic mass is 16.5. The summed E-state index contributed by atoms with van der Waals surface area (Å²) in [6.45, 7) is 3.72. The Kier molecular flexibility index (Phi) is 6.61. The number of carbonyl (C=O) groups excluding carboxylic acids is 2. The molecule has 26 heavy (non-hydrogen) atoms. The van der Waals surface area contributed by atoms with Gasteiger partial charge in [-0.15, -0.1) is 0 Å². The molecule has 1 aromatic heterocycles. The molecule has 1 N–H and O–H groups in total. The van der Waals surface area contributed by atoms with E-state index in [2.05, 4.69) is 17.2 Å². The molecular formula is C20H29N3O3. The average Bonchev–Trinajstić information content (AvgIpc) is 3.19. The van der Waals surface area contributed by atoms with E-state index in [1.807, 2.05) is 4.90 Å². The molecule has 1 aromatic rings. The summed E-state index contributed by atoms with van der Waals surface area (Å²) in [7, 11) is 0. The third-order valence-corrected chi connectivity index (χ3v) is 5.49. The number of nitrogens with one attached hydrogen (secondary N) is 1. The van der Waals surface area contributed by atoms with Crippen LogP contribution in [0.4, 0.5) is 0 Å². The van der Waals surface area contributed by atoms with E-state index in [1.54, 1.807) is 18.3 Å². The molecule has 1 aliphatic heterocycles. The predicted molar refractivity (Wildman–Crippen MR) is 98.7 cm³/mol. The molecule has 3 rings (SSSR count). The molecular weight excluding hydrogens is 330 g/mol. The standard InChI is InChI=1S/C20H29N3O3/c1-15-6-8-17(9-7-15)23(14-18-5-3-11-26-18)19(24)13-22-20(25)16-4-2-10-21-12-16/h2,4,10,12,15,17-18H,3,5-9,11,13-14H2,1H3,(H,22,25)/t15?,17?,18-/m0/s1. The summed E-state index contributed by atoms with van der Waals surface area (Å²) < 4.78 is 5.75. The molecule has 0 unspecified atom stereocenters. The second kappa shape index (κ2) is 9.12. The first kappa shape index (κ1) is 18.8. The van der Waals surface area contributed by atoms with Gasteiger partial charge in [-0.25, -0.2) is 0 Å². The van der Waals surface area contributed by atoms with Crippen molar-refractivity contribution in [1.82, 2.24) is 15.2 Å². The third-order valence-electron chi connectivity index (χ3n) is 5.49. The van der Waals surface area contributed by atoms with Crippen molar-refractivity contribution in [3.05, 3.63) is 30.1 Å². The number of hydrogen-bond donors (Lipinski definition) is 1. The normalized spacial score (nSPS) is 25.7. The average molecular weight is 359 g/mol. The van der Waals surface area contributed by atoms with Gasteiger partial charge in [-0.05, 0) is 56.6 Å². The molecule has 0 spiro atoms. The minimum atomic E-state index is -0.263. The van der Waals surface area contributed by atoms with Gasteiger partial charge in [-0.1, -0.05) is 6.92 Å². The SMILES string of the molecule is CC1CCC(N(C[C@@H]2CCCO2)C(=O)CNC(=O)c2cccnc2)CC1. The van der Waals surface area contributed by atoms with Crippen molar-refractivity contribution >= 4 is 11.8 Å². The first-order valence-corrected chi connectivity index (χ1v) is 9.73. The van der Waals surface area contributed by atoms with Crippen molar-refractivity contribution in [1.29, 1.82) is 0 Å². The fourth-order valence-electron chi connectivity index (χ4n) is 3.87. The highest BCUT2D eigenvalue weighted by Gasteiger charge is 2.30. The van der Waals surface area contributed by atoms with Crippen molar-refractivity contribution in [2.24, 2.45) is 5.92 Å². The van der Waals surface area contributed by atoms with Gasteiger partial charge in [-0.2, -0.15) is 0 Å². The van der Waals surface area contributed by atoms with E-state index >= 15 is 0 Å². The Morgan fingerprint density at radius 2 is 2.08 bits per heavy atom. The van der Waals surface area contributed by atoms with Crippen LogP contribution in [0.3, 0.4) is 0 Å². The predicted octanol–water partition coefficient (Wildman–Crippen LogP) is 2.40. The van der Waals surface area contributed by atoms with E-state index in [0.29, 0.717) is 12.1 Å². The summed E-state index contributed by atoms with van der Waals surface area (Å²) in [5.74, 6) is 0.453.